The predicted octanol–water partition coefficient (Wildman–Crippen LogP) is 3.50. The molecule has 120 valence electrons. The summed E-state index contributed by atoms with van der Waals surface area (Å²) in [5, 5.41) is 3.33. The second kappa shape index (κ2) is 6.96. The number of hydrogen-bond acceptors (Lipinski definition) is 5. The molecule has 0 aromatic carbocycles. The third-order valence-electron chi connectivity index (χ3n) is 2.59. The quantitative estimate of drug-likeness (QED) is 0.840. The van der Waals surface area contributed by atoms with Crippen molar-refractivity contribution in [2.24, 2.45) is 11.8 Å². The topological polar surface area (TPSA) is 73.1 Å². The average molecular weight is 294 g/mol. The van der Waals surface area contributed by atoms with E-state index in [-0.39, 0.29) is 5.54 Å². The zero-order chi connectivity index (χ0) is 16.2. The Bertz CT molecular complexity index is 464. The molecule has 5 nitrogen and oxygen atoms in total. The molecule has 0 unspecified atom stereocenters. The molecule has 5 heteroatoms. The largest absolute Gasteiger partial charge is 0.476 e. The highest BCUT2D eigenvalue weighted by molar-refractivity contribution is 5.67. The van der Waals surface area contributed by atoms with Crippen LogP contribution in [0.3, 0.4) is 0 Å². The van der Waals surface area contributed by atoms with Crippen LogP contribution in [-0.4, -0.2) is 22.1 Å². The third kappa shape index (κ3) is 6.19. The highest BCUT2D eigenvalue weighted by Crippen LogP contribution is 2.29. The van der Waals surface area contributed by atoms with Crippen LogP contribution in [0.5, 0.6) is 5.88 Å². The lowest BCUT2D eigenvalue weighted by atomic mass is 10.1. The molecule has 1 aromatic rings. The molecule has 0 saturated heterocycles. The van der Waals surface area contributed by atoms with E-state index in [1.54, 1.807) is 0 Å². The number of rotatable bonds is 6. The molecule has 1 rings (SSSR count). The number of ether oxygens (including phenoxy) is 1. The lowest BCUT2D eigenvalue weighted by Gasteiger charge is -2.23. The van der Waals surface area contributed by atoms with Crippen LogP contribution >= 0.6 is 0 Å². The minimum Gasteiger partial charge on any atom is -0.476 e. The zero-order valence-electron chi connectivity index (χ0n) is 14.4. The molecule has 0 saturated carbocycles. The van der Waals surface area contributed by atoms with Gasteiger partial charge in [0.15, 0.2) is 5.82 Å². The van der Waals surface area contributed by atoms with Crippen molar-refractivity contribution in [3.63, 3.8) is 0 Å². The predicted molar refractivity (Wildman–Crippen MR) is 88.7 cm³/mol. The van der Waals surface area contributed by atoms with Crippen molar-refractivity contribution in [2.75, 3.05) is 17.7 Å². The van der Waals surface area contributed by atoms with Crippen molar-refractivity contribution in [3.8, 4) is 5.88 Å². The summed E-state index contributed by atoms with van der Waals surface area (Å²) in [6.07, 6.45) is 0.803. The minimum atomic E-state index is -0.118. The van der Waals surface area contributed by atoms with Crippen LogP contribution < -0.4 is 15.8 Å². The Balaban J connectivity index is 3.12. The fraction of sp³-hybridized carbons (Fsp3) is 0.750. The summed E-state index contributed by atoms with van der Waals surface area (Å²) in [6, 6.07) is 0. The third-order valence-corrected chi connectivity index (χ3v) is 2.59. The molecule has 0 radical (unpaired) electrons. The van der Waals surface area contributed by atoms with Crippen LogP contribution in [0.15, 0.2) is 0 Å². The van der Waals surface area contributed by atoms with E-state index in [1.807, 2.05) is 0 Å². The first-order valence-corrected chi connectivity index (χ1v) is 7.66. The average Bonchev–Trinajstić information content (AvgIpc) is 2.28. The normalized spacial score (nSPS) is 12.0. The number of anilines is 2. The standard InChI is InChI=1S/C16H30N4O/c1-10(2)8-12-18-14(20-16(5,6)7)13(17)15(19-12)21-9-11(3)4/h10-11H,8-9,17H2,1-7H3,(H,18,19,20). The first-order valence-electron chi connectivity index (χ1n) is 7.66. The molecular weight excluding hydrogens is 264 g/mol. The number of nitrogens with two attached hydrogens (primary N) is 1. The van der Waals surface area contributed by atoms with Crippen molar-refractivity contribution in [1.82, 2.24) is 9.97 Å². The van der Waals surface area contributed by atoms with Gasteiger partial charge in [-0.3, -0.25) is 0 Å². The van der Waals surface area contributed by atoms with E-state index in [1.165, 1.54) is 0 Å². The number of nitrogens with zero attached hydrogens (tertiary/aromatic N) is 2. The smallest absolute Gasteiger partial charge is 0.242 e. The highest BCUT2D eigenvalue weighted by Gasteiger charge is 2.18. The maximum absolute atomic E-state index is 6.16. The van der Waals surface area contributed by atoms with Crippen LogP contribution in [0.25, 0.3) is 0 Å². The van der Waals surface area contributed by atoms with Crippen LogP contribution in [-0.2, 0) is 6.42 Å². The number of nitrogen functional groups attached to an aromatic ring is 1. The van der Waals surface area contributed by atoms with Crippen molar-refractivity contribution in [2.45, 2.75) is 60.4 Å². The second-order valence-corrected chi connectivity index (χ2v) is 7.39. The Labute approximate surface area is 128 Å². The summed E-state index contributed by atoms with van der Waals surface area (Å²) in [6.45, 7) is 15.3. The molecule has 1 heterocycles. The molecular formula is C16H30N4O. The Morgan fingerprint density at radius 3 is 2.19 bits per heavy atom. The van der Waals surface area contributed by atoms with Gasteiger partial charge in [0.25, 0.3) is 0 Å². The van der Waals surface area contributed by atoms with E-state index in [2.05, 4.69) is 63.8 Å². The summed E-state index contributed by atoms with van der Waals surface area (Å²) < 4.78 is 5.76. The Hall–Kier alpha value is -1.52. The van der Waals surface area contributed by atoms with Crippen molar-refractivity contribution in [3.05, 3.63) is 5.82 Å². The Morgan fingerprint density at radius 2 is 1.71 bits per heavy atom. The van der Waals surface area contributed by atoms with E-state index in [0.717, 1.165) is 12.2 Å². The molecule has 21 heavy (non-hydrogen) atoms. The molecule has 0 aliphatic carbocycles. The minimum absolute atomic E-state index is 0.118. The summed E-state index contributed by atoms with van der Waals surface area (Å²) in [5.41, 5.74) is 6.53. The van der Waals surface area contributed by atoms with Gasteiger partial charge in [-0.05, 0) is 32.6 Å². The van der Waals surface area contributed by atoms with Gasteiger partial charge < -0.3 is 15.8 Å². The zero-order valence-corrected chi connectivity index (χ0v) is 14.4. The SMILES string of the molecule is CC(C)COc1nc(CC(C)C)nc(NC(C)(C)C)c1N. The van der Waals surface area contributed by atoms with Crippen molar-refractivity contribution in [1.29, 1.82) is 0 Å². The number of nitrogens with one attached hydrogen (secondary N) is 1. The summed E-state index contributed by atoms with van der Waals surface area (Å²) >= 11 is 0. The molecule has 1 aromatic heterocycles. The van der Waals surface area contributed by atoms with E-state index < -0.39 is 0 Å². The van der Waals surface area contributed by atoms with Crippen LogP contribution in [0.1, 0.15) is 54.3 Å². The summed E-state index contributed by atoms with van der Waals surface area (Å²) in [7, 11) is 0. The van der Waals surface area contributed by atoms with Crippen molar-refractivity contribution < 1.29 is 4.74 Å². The van der Waals surface area contributed by atoms with Gasteiger partial charge in [0.1, 0.15) is 11.5 Å². The first-order chi connectivity index (χ1) is 9.58. The van der Waals surface area contributed by atoms with E-state index in [4.69, 9.17) is 10.5 Å². The molecule has 0 aliphatic heterocycles. The number of aromatic nitrogens is 2. The molecule has 0 aliphatic rings. The van der Waals surface area contributed by atoms with Gasteiger partial charge in [-0.2, -0.15) is 4.98 Å². The fourth-order valence-electron chi connectivity index (χ4n) is 1.76. The van der Waals surface area contributed by atoms with Gasteiger partial charge >= 0.3 is 0 Å². The summed E-state index contributed by atoms with van der Waals surface area (Å²) in [5.74, 6) is 2.82. The first kappa shape index (κ1) is 17.5. The molecule has 0 atom stereocenters. The molecule has 0 fully saturated rings. The van der Waals surface area contributed by atoms with E-state index in [0.29, 0.717) is 35.8 Å². The Kier molecular flexibility index (Phi) is 5.81. The molecule has 0 bridgehead atoms. The van der Waals surface area contributed by atoms with E-state index in [9.17, 15) is 0 Å². The van der Waals surface area contributed by atoms with E-state index >= 15 is 0 Å². The summed E-state index contributed by atoms with van der Waals surface area (Å²) in [4.78, 5) is 9.04. The van der Waals surface area contributed by atoms with Gasteiger partial charge in [0.2, 0.25) is 5.88 Å². The monoisotopic (exact) mass is 294 g/mol. The number of hydrogen-bond donors (Lipinski definition) is 2. The molecule has 0 spiro atoms. The maximum Gasteiger partial charge on any atom is 0.242 e. The molecule has 0 amide bonds. The second-order valence-electron chi connectivity index (χ2n) is 7.39. The van der Waals surface area contributed by atoms with Gasteiger partial charge in [-0.1, -0.05) is 27.7 Å². The van der Waals surface area contributed by atoms with Crippen LogP contribution in [0.2, 0.25) is 0 Å². The van der Waals surface area contributed by atoms with Gasteiger partial charge in [0.05, 0.1) is 6.61 Å². The van der Waals surface area contributed by atoms with Crippen molar-refractivity contribution >= 4 is 11.5 Å². The lowest BCUT2D eigenvalue weighted by molar-refractivity contribution is 0.261. The lowest BCUT2D eigenvalue weighted by Crippen LogP contribution is -2.28. The fourth-order valence-corrected chi connectivity index (χ4v) is 1.76. The highest BCUT2D eigenvalue weighted by atomic mass is 16.5. The van der Waals surface area contributed by atoms with Gasteiger partial charge in [-0.25, -0.2) is 4.98 Å². The maximum atomic E-state index is 6.16. The van der Waals surface area contributed by atoms with Gasteiger partial charge in [0, 0.05) is 12.0 Å². The van der Waals surface area contributed by atoms with Gasteiger partial charge in [-0.15, -0.1) is 0 Å². The Morgan fingerprint density at radius 1 is 1.10 bits per heavy atom. The molecule has 3 N–H and O–H groups in total. The van der Waals surface area contributed by atoms with Crippen LogP contribution in [0, 0.1) is 11.8 Å². The van der Waals surface area contributed by atoms with Crippen LogP contribution in [0.4, 0.5) is 11.5 Å².